The van der Waals surface area contributed by atoms with E-state index in [1.54, 1.807) is 7.05 Å². The number of nitrogens with zero attached hydrogens (tertiary/aromatic N) is 3. The minimum atomic E-state index is 0.149. The third-order valence-corrected chi connectivity index (χ3v) is 5.13. The Hall–Kier alpha value is -3.02. The van der Waals surface area contributed by atoms with Gasteiger partial charge in [0.1, 0.15) is 17.7 Å². The van der Waals surface area contributed by atoms with Crippen molar-refractivity contribution in [2.24, 2.45) is 4.99 Å². The number of benzene rings is 2. The van der Waals surface area contributed by atoms with Crippen LogP contribution >= 0.6 is 0 Å². The largest absolute Gasteiger partial charge is 0.488 e. The van der Waals surface area contributed by atoms with E-state index >= 15 is 0 Å². The van der Waals surface area contributed by atoms with Gasteiger partial charge in [-0.25, -0.2) is 4.98 Å². The van der Waals surface area contributed by atoms with Crippen LogP contribution in [0.25, 0.3) is 11.0 Å². The molecule has 0 fully saturated rings. The van der Waals surface area contributed by atoms with Crippen molar-refractivity contribution in [3.8, 4) is 5.75 Å². The molecule has 2 N–H and O–H groups in total. The number of aryl methyl sites for hydroxylation is 2. The highest BCUT2D eigenvalue weighted by Gasteiger charge is 2.22. The van der Waals surface area contributed by atoms with Crippen LogP contribution in [0.15, 0.2) is 53.5 Å². The first-order valence-electron chi connectivity index (χ1n) is 9.85. The summed E-state index contributed by atoms with van der Waals surface area (Å²) >= 11 is 0. The molecule has 4 rings (SSSR count). The molecule has 0 saturated carbocycles. The predicted molar refractivity (Wildman–Crippen MR) is 113 cm³/mol. The van der Waals surface area contributed by atoms with Crippen LogP contribution < -0.4 is 15.4 Å². The molecule has 28 heavy (non-hydrogen) atoms. The molecule has 0 radical (unpaired) electrons. The van der Waals surface area contributed by atoms with Gasteiger partial charge < -0.3 is 19.9 Å². The van der Waals surface area contributed by atoms with E-state index in [9.17, 15) is 0 Å². The minimum Gasteiger partial charge on any atom is -0.488 e. The van der Waals surface area contributed by atoms with Gasteiger partial charge in [-0.05, 0) is 37.1 Å². The van der Waals surface area contributed by atoms with Crippen molar-refractivity contribution >= 4 is 17.0 Å². The number of hydrogen-bond acceptors (Lipinski definition) is 3. The summed E-state index contributed by atoms with van der Waals surface area (Å²) in [5.74, 6) is 2.87. The summed E-state index contributed by atoms with van der Waals surface area (Å²) in [6.45, 7) is 4.57. The van der Waals surface area contributed by atoms with Crippen molar-refractivity contribution in [2.45, 2.75) is 32.4 Å². The van der Waals surface area contributed by atoms with Crippen LogP contribution in [-0.4, -0.2) is 41.8 Å². The van der Waals surface area contributed by atoms with Gasteiger partial charge in [0.25, 0.3) is 0 Å². The zero-order valence-electron chi connectivity index (χ0n) is 16.5. The van der Waals surface area contributed by atoms with Gasteiger partial charge in [0, 0.05) is 26.6 Å². The van der Waals surface area contributed by atoms with Crippen LogP contribution in [0.1, 0.15) is 17.8 Å². The number of fused-ring (bicyclic) bond motifs is 2. The van der Waals surface area contributed by atoms with Gasteiger partial charge in [-0.2, -0.15) is 0 Å². The van der Waals surface area contributed by atoms with E-state index in [0.717, 1.165) is 55.5 Å². The predicted octanol–water partition coefficient (Wildman–Crippen LogP) is 2.90. The van der Waals surface area contributed by atoms with E-state index in [2.05, 4.69) is 62.4 Å². The monoisotopic (exact) mass is 377 g/mol. The summed E-state index contributed by atoms with van der Waals surface area (Å²) in [5.41, 5.74) is 3.53. The molecule has 0 amide bonds. The van der Waals surface area contributed by atoms with Crippen molar-refractivity contribution in [1.29, 1.82) is 0 Å². The summed E-state index contributed by atoms with van der Waals surface area (Å²) in [5, 5.41) is 6.77. The Balaban J connectivity index is 1.22. The molecule has 3 aromatic rings. The molecule has 1 aliphatic rings. The van der Waals surface area contributed by atoms with Crippen LogP contribution in [0.3, 0.4) is 0 Å². The van der Waals surface area contributed by atoms with Gasteiger partial charge in [0.05, 0.1) is 17.6 Å². The van der Waals surface area contributed by atoms with E-state index in [1.807, 2.05) is 18.2 Å². The Morgan fingerprint density at radius 1 is 1.18 bits per heavy atom. The maximum absolute atomic E-state index is 5.97. The molecule has 6 nitrogen and oxygen atoms in total. The van der Waals surface area contributed by atoms with Gasteiger partial charge >= 0.3 is 0 Å². The van der Waals surface area contributed by atoms with E-state index in [-0.39, 0.29) is 6.10 Å². The fourth-order valence-electron chi connectivity index (χ4n) is 3.72. The molecule has 1 unspecified atom stereocenters. The molecule has 0 spiro atoms. The molecule has 2 aromatic carbocycles. The van der Waals surface area contributed by atoms with E-state index in [1.165, 1.54) is 11.1 Å². The standard InChI is InChI=1S/C22H27N5O/c1-16-26-19-9-4-5-10-20(19)27(16)13-7-12-24-22(23-2)25-15-18-14-17-8-3-6-11-21(17)28-18/h3-6,8-11,18H,7,12-15H2,1-2H3,(H2,23,24,25). The number of rotatable bonds is 6. The van der Waals surface area contributed by atoms with Crippen molar-refractivity contribution in [1.82, 2.24) is 20.2 Å². The lowest BCUT2D eigenvalue weighted by atomic mass is 10.1. The van der Waals surface area contributed by atoms with Gasteiger partial charge in [-0.1, -0.05) is 30.3 Å². The summed E-state index contributed by atoms with van der Waals surface area (Å²) in [4.78, 5) is 8.95. The second-order valence-electron chi connectivity index (χ2n) is 7.08. The molecule has 1 aliphatic heterocycles. The second-order valence-corrected chi connectivity index (χ2v) is 7.08. The third kappa shape index (κ3) is 3.96. The number of guanidine groups is 1. The van der Waals surface area contributed by atoms with Gasteiger partial charge in [-0.3, -0.25) is 4.99 Å². The number of aliphatic imine (C=N–C) groups is 1. The highest BCUT2D eigenvalue weighted by molar-refractivity contribution is 5.79. The SMILES string of the molecule is CN=C(NCCCn1c(C)nc2ccccc21)NCC1Cc2ccccc2O1. The first-order chi connectivity index (χ1) is 13.7. The Bertz CT molecular complexity index is 953. The van der Waals surface area contributed by atoms with Gasteiger partial charge in [0.15, 0.2) is 5.96 Å². The number of nitrogens with one attached hydrogen (secondary N) is 2. The van der Waals surface area contributed by atoms with Gasteiger partial charge in [0.2, 0.25) is 0 Å². The molecular formula is C22H27N5O. The molecule has 1 atom stereocenters. The number of imidazole rings is 1. The lowest BCUT2D eigenvalue weighted by molar-refractivity contribution is 0.235. The summed E-state index contributed by atoms with van der Waals surface area (Å²) < 4.78 is 8.25. The van der Waals surface area contributed by atoms with Crippen LogP contribution in [-0.2, 0) is 13.0 Å². The molecule has 0 saturated heterocycles. The van der Waals surface area contributed by atoms with Crippen LogP contribution in [0, 0.1) is 6.92 Å². The Kier molecular flexibility index (Phi) is 5.46. The fourth-order valence-corrected chi connectivity index (χ4v) is 3.72. The van der Waals surface area contributed by atoms with Crippen LogP contribution in [0.4, 0.5) is 0 Å². The normalized spacial score (nSPS) is 16.1. The molecule has 146 valence electrons. The van der Waals surface area contributed by atoms with E-state index in [0.29, 0.717) is 0 Å². The lowest BCUT2D eigenvalue weighted by Gasteiger charge is -2.16. The first kappa shape index (κ1) is 18.3. The maximum Gasteiger partial charge on any atom is 0.191 e. The molecule has 0 aliphatic carbocycles. The highest BCUT2D eigenvalue weighted by atomic mass is 16.5. The molecular weight excluding hydrogens is 350 g/mol. The summed E-state index contributed by atoms with van der Waals surface area (Å²) in [6.07, 6.45) is 2.08. The molecule has 6 heteroatoms. The zero-order valence-corrected chi connectivity index (χ0v) is 16.5. The topological polar surface area (TPSA) is 63.5 Å². The average Bonchev–Trinajstić information content (AvgIpc) is 3.27. The van der Waals surface area contributed by atoms with Crippen molar-refractivity contribution < 1.29 is 4.74 Å². The third-order valence-electron chi connectivity index (χ3n) is 5.13. The fraction of sp³-hybridized carbons (Fsp3) is 0.364. The number of ether oxygens (including phenoxy) is 1. The molecule has 1 aromatic heterocycles. The van der Waals surface area contributed by atoms with Crippen LogP contribution in [0.2, 0.25) is 0 Å². The lowest BCUT2D eigenvalue weighted by Crippen LogP contribution is -2.42. The number of aromatic nitrogens is 2. The van der Waals surface area contributed by atoms with Crippen LogP contribution in [0.5, 0.6) is 5.75 Å². The van der Waals surface area contributed by atoms with Crippen molar-refractivity contribution in [2.75, 3.05) is 20.1 Å². The Morgan fingerprint density at radius 2 is 2.00 bits per heavy atom. The number of para-hydroxylation sites is 3. The molecule has 2 heterocycles. The minimum absolute atomic E-state index is 0.149. The molecule has 0 bridgehead atoms. The van der Waals surface area contributed by atoms with E-state index in [4.69, 9.17) is 4.74 Å². The van der Waals surface area contributed by atoms with Gasteiger partial charge in [-0.15, -0.1) is 0 Å². The van der Waals surface area contributed by atoms with E-state index < -0.39 is 0 Å². The summed E-state index contributed by atoms with van der Waals surface area (Å²) in [7, 11) is 1.80. The Labute approximate surface area is 165 Å². The second kappa shape index (κ2) is 8.33. The highest BCUT2D eigenvalue weighted by Crippen LogP contribution is 2.27. The first-order valence-corrected chi connectivity index (χ1v) is 9.85. The Morgan fingerprint density at radius 3 is 2.86 bits per heavy atom. The maximum atomic E-state index is 5.97. The summed E-state index contributed by atoms with van der Waals surface area (Å²) in [6, 6.07) is 16.5. The van der Waals surface area contributed by atoms with Crippen molar-refractivity contribution in [3.05, 3.63) is 59.9 Å². The zero-order chi connectivity index (χ0) is 19.3. The quantitative estimate of drug-likeness (QED) is 0.394. The average molecular weight is 377 g/mol. The number of hydrogen-bond donors (Lipinski definition) is 2. The smallest absolute Gasteiger partial charge is 0.191 e. The van der Waals surface area contributed by atoms with Crippen molar-refractivity contribution in [3.63, 3.8) is 0 Å².